The van der Waals surface area contributed by atoms with Gasteiger partial charge < -0.3 is 4.90 Å². The Morgan fingerprint density at radius 1 is 1.45 bits per heavy atom. The minimum absolute atomic E-state index is 0.0785. The largest absolute Gasteiger partial charge is 0.335 e. The van der Waals surface area contributed by atoms with Gasteiger partial charge in [0.1, 0.15) is 0 Å². The van der Waals surface area contributed by atoms with Crippen LogP contribution in [0.3, 0.4) is 0 Å². The summed E-state index contributed by atoms with van der Waals surface area (Å²) in [6, 6.07) is 5.57. The number of hydrogen-bond acceptors (Lipinski definition) is 3. The lowest BCUT2D eigenvalue weighted by molar-refractivity contribution is -0.135. The molecule has 20 heavy (non-hydrogen) atoms. The maximum Gasteiger partial charge on any atom is 0.241 e. The molecule has 110 valence electrons. The normalized spacial score (nSPS) is 18.6. The van der Waals surface area contributed by atoms with E-state index >= 15 is 0 Å². The zero-order valence-corrected chi connectivity index (χ0v) is 13.9. The molecule has 0 radical (unpaired) electrons. The van der Waals surface area contributed by atoms with Crippen molar-refractivity contribution < 1.29 is 4.79 Å². The fraction of sp³-hybridized carbons (Fsp3) is 0.500. The Hall–Kier alpha value is -0.420. The van der Waals surface area contributed by atoms with Gasteiger partial charge in [0, 0.05) is 24.2 Å². The third-order valence-electron chi connectivity index (χ3n) is 3.26. The number of benzene rings is 1. The molecule has 1 N–H and O–H groups in total. The minimum atomic E-state index is -0.0785. The third kappa shape index (κ3) is 3.82. The molecule has 1 saturated heterocycles. The SMILES string of the molecule is CC(C)N(Cc1ccc(Cl)c(Cl)c1)C(=O)C1CSCN1. The summed E-state index contributed by atoms with van der Waals surface area (Å²) in [5, 5.41) is 4.28. The topological polar surface area (TPSA) is 32.3 Å². The van der Waals surface area contributed by atoms with Crippen molar-refractivity contribution in [3.63, 3.8) is 0 Å². The van der Waals surface area contributed by atoms with E-state index in [1.807, 2.05) is 30.9 Å². The predicted octanol–water partition coefficient (Wildman–Crippen LogP) is 3.39. The molecule has 0 aliphatic carbocycles. The van der Waals surface area contributed by atoms with Crippen LogP contribution in [0, 0.1) is 0 Å². The summed E-state index contributed by atoms with van der Waals surface area (Å²) in [7, 11) is 0. The highest BCUT2D eigenvalue weighted by atomic mass is 35.5. The molecule has 0 saturated carbocycles. The second-order valence-electron chi connectivity index (χ2n) is 5.08. The first kappa shape index (κ1) is 16.0. The van der Waals surface area contributed by atoms with Crippen LogP contribution < -0.4 is 5.32 Å². The number of thioether (sulfide) groups is 1. The van der Waals surface area contributed by atoms with E-state index in [9.17, 15) is 4.79 Å². The van der Waals surface area contributed by atoms with Crippen LogP contribution >= 0.6 is 35.0 Å². The summed E-state index contributed by atoms with van der Waals surface area (Å²) in [4.78, 5) is 14.4. The van der Waals surface area contributed by atoms with E-state index in [1.165, 1.54) is 0 Å². The maximum atomic E-state index is 12.5. The van der Waals surface area contributed by atoms with E-state index in [1.54, 1.807) is 17.8 Å². The van der Waals surface area contributed by atoms with E-state index in [0.717, 1.165) is 17.2 Å². The highest BCUT2D eigenvalue weighted by Crippen LogP contribution is 2.24. The number of nitrogens with zero attached hydrogens (tertiary/aromatic N) is 1. The number of amides is 1. The van der Waals surface area contributed by atoms with Crippen LogP contribution in [-0.4, -0.2) is 34.5 Å². The first-order chi connectivity index (χ1) is 9.49. The second-order valence-corrected chi connectivity index (χ2v) is 6.92. The lowest BCUT2D eigenvalue weighted by atomic mass is 10.1. The molecule has 3 nitrogen and oxygen atoms in total. The molecule has 0 bridgehead atoms. The van der Waals surface area contributed by atoms with Gasteiger partial charge in [-0.25, -0.2) is 0 Å². The third-order valence-corrected chi connectivity index (χ3v) is 4.94. The molecule has 0 aromatic heterocycles. The first-order valence-electron chi connectivity index (χ1n) is 6.54. The molecular formula is C14H18Cl2N2OS. The zero-order chi connectivity index (χ0) is 14.7. The van der Waals surface area contributed by atoms with Crippen LogP contribution in [-0.2, 0) is 11.3 Å². The molecule has 1 amide bonds. The summed E-state index contributed by atoms with van der Waals surface area (Å²) in [5.41, 5.74) is 0.993. The molecule has 1 aromatic carbocycles. The fourth-order valence-electron chi connectivity index (χ4n) is 2.10. The minimum Gasteiger partial charge on any atom is -0.335 e. The quantitative estimate of drug-likeness (QED) is 0.917. The molecular weight excluding hydrogens is 315 g/mol. The van der Waals surface area contributed by atoms with E-state index < -0.39 is 0 Å². The van der Waals surface area contributed by atoms with Crippen LogP contribution in [0.25, 0.3) is 0 Å². The van der Waals surface area contributed by atoms with Crippen molar-refractivity contribution in [1.29, 1.82) is 0 Å². The monoisotopic (exact) mass is 332 g/mol. The van der Waals surface area contributed by atoms with Crippen molar-refractivity contribution in [2.45, 2.75) is 32.5 Å². The molecule has 1 unspecified atom stereocenters. The Bertz CT molecular complexity index is 490. The van der Waals surface area contributed by atoms with Gasteiger partial charge in [0.05, 0.1) is 16.1 Å². The summed E-state index contributed by atoms with van der Waals surface area (Å²) in [5.74, 6) is 1.83. The summed E-state index contributed by atoms with van der Waals surface area (Å²) < 4.78 is 0. The van der Waals surface area contributed by atoms with Crippen molar-refractivity contribution >= 4 is 40.9 Å². The van der Waals surface area contributed by atoms with Gasteiger partial charge in [-0.1, -0.05) is 29.3 Å². The van der Waals surface area contributed by atoms with Crippen molar-refractivity contribution in [3.8, 4) is 0 Å². The number of hydrogen-bond donors (Lipinski definition) is 1. The lowest BCUT2D eigenvalue weighted by Gasteiger charge is -2.29. The molecule has 1 aliphatic heterocycles. The standard InChI is InChI=1S/C14H18Cl2N2OS/c1-9(2)18(14(19)13-7-20-8-17-13)6-10-3-4-11(15)12(16)5-10/h3-5,9,13,17H,6-8H2,1-2H3. The van der Waals surface area contributed by atoms with Gasteiger partial charge in [-0.15, -0.1) is 11.8 Å². The van der Waals surface area contributed by atoms with E-state index in [-0.39, 0.29) is 18.0 Å². The Kier molecular flexibility index (Phi) is 5.61. The van der Waals surface area contributed by atoms with Crippen LogP contribution in [0.1, 0.15) is 19.4 Å². The van der Waals surface area contributed by atoms with E-state index in [4.69, 9.17) is 23.2 Å². The van der Waals surface area contributed by atoms with Crippen molar-refractivity contribution in [3.05, 3.63) is 33.8 Å². The molecule has 1 aromatic rings. The fourth-order valence-corrected chi connectivity index (χ4v) is 3.36. The van der Waals surface area contributed by atoms with Crippen LogP contribution in [0.2, 0.25) is 10.0 Å². The Balaban J connectivity index is 2.12. The molecule has 2 rings (SSSR count). The average molecular weight is 333 g/mol. The van der Waals surface area contributed by atoms with E-state index in [2.05, 4.69) is 5.32 Å². The Morgan fingerprint density at radius 2 is 2.20 bits per heavy atom. The summed E-state index contributed by atoms with van der Waals surface area (Å²) >= 11 is 13.7. The van der Waals surface area contributed by atoms with Crippen LogP contribution in [0.4, 0.5) is 0 Å². The summed E-state index contributed by atoms with van der Waals surface area (Å²) in [6.07, 6.45) is 0. The van der Waals surface area contributed by atoms with Crippen molar-refractivity contribution in [1.82, 2.24) is 10.2 Å². The maximum absolute atomic E-state index is 12.5. The van der Waals surface area contributed by atoms with Crippen molar-refractivity contribution in [2.75, 3.05) is 11.6 Å². The molecule has 1 fully saturated rings. The lowest BCUT2D eigenvalue weighted by Crippen LogP contribution is -2.47. The number of carbonyl (C=O) groups excluding carboxylic acids is 1. The van der Waals surface area contributed by atoms with E-state index in [0.29, 0.717) is 16.6 Å². The van der Waals surface area contributed by atoms with Gasteiger partial charge in [-0.3, -0.25) is 10.1 Å². The smallest absolute Gasteiger partial charge is 0.241 e. The Labute approximate surface area is 134 Å². The number of nitrogens with one attached hydrogen (secondary N) is 1. The predicted molar refractivity (Wildman–Crippen MR) is 86.4 cm³/mol. The van der Waals surface area contributed by atoms with Gasteiger partial charge >= 0.3 is 0 Å². The van der Waals surface area contributed by atoms with Gasteiger partial charge in [0.25, 0.3) is 0 Å². The van der Waals surface area contributed by atoms with Gasteiger partial charge in [-0.05, 0) is 31.5 Å². The van der Waals surface area contributed by atoms with Crippen LogP contribution in [0.15, 0.2) is 18.2 Å². The first-order valence-corrected chi connectivity index (χ1v) is 8.45. The number of carbonyl (C=O) groups is 1. The molecule has 1 heterocycles. The van der Waals surface area contributed by atoms with Gasteiger partial charge in [0.2, 0.25) is 5.91 Å². The number of halogens is 2. The molecule has 1 aliphatic rings. The van der Waals surface area contributed by atoms with Gasteiger partial charge in [-0.2, -0.15) is 0 Å². The Morgan fingerprint density at radius 3 is 2.75 bits per heavy atom. The zero-order valence-electron chi connectivity index (χ0n) is 11.5. The highest BCUT2D eigenvalue weighted by Gasteiger charge is 2.28. The van der Waals surface area contributed by atoms with Crippen molar-refractivity contribution in [2.24, 2.45) is 0 Å². The molecule has 0 spiro atoms. The summed E-state index contributed by atoms with van der Waals surface area (Å²) in [6.45, 7) is 4.60. The molecule has 6 heteroatoms. The average Bonchev–Trinajstić information content (AvgIpc) is 2.93. The number of rotatable bonds is 4. The van der Waals surface area contributed by atoms with Crippen LogP contribution in [0.5, 0.6) is 0 Å². The highest BCUT2D eigenvalue weighted by molar-refractivity contribution is 7.99. The molecule has 1 atom stereocenters. The van der Waals surface area contributed by atoms with Gasteiger partial charge in [0.15, 0.2) is 0 Å². The second kappa shape index (κ2) is 7.03.